The maximum Gasteiger partial charge on any atom is 0.342 e. The molecule has 0 bridgehead atoms. The molecule has 0 atom stereocenters. The van der Waals surface area contributed by atoms with Crippen molar-refractivity contribution in [3.05, 3.63) is 131 Å². The van der Waals surface area contributed by atoms with Crippen LogP contribution in [0.25, 0.3) is 11.1 Å². The summed E-state index contributed by atoms with van der Waals surface area (Å²) in [6, 6.07) is 35.4. The van der Waals surface area contributed by atoms with Crippen LogP contribution >= 0.6 is 0 Å². The predicted octanol–water partition coefficient (Wildman–Crippen LogP) is 7.31. The van der Waals surface area contributed by atoms with Crippen molar-refractivity contribution >= 4 is 28.7 Å². The first-order valence-electron chi connectivity index (χ1n) is 13.1. The Bertz CT molecular complexity index is 1730. The van der Waals surface area contributed by atoms with Gasteiger partial charge in [-0.3, -0.25) is 0 Å². The van der Waals surface area contributed by atoms with Crippen LogP contribution < -0.4 is 20.7 Å². The number of benzene rings is 5. The highest BCUT2D eigenvalue weighted by atomic mass is 16.6. The highest BCUT2D eigenvalue weighted by Crippen LogP contribution is 2.58. The minimum Gasteiger partial charge on any atom is -0.456 e. The minimum atomic E-state index is -1.20. The molecule has 40 heavy (non-hydrogen) atoms. The third kappa shape index (κ3) is 3.46. The van der Waals surface area contributed by atoms with Gasteiger partial charge in [-0.1, -0.05) is 66.7 Å². The summed E-state index contributed by atoms with van der Waals surface area (Å²) < 4.78 is 12.7. The quantitative estimate of drug-likeness (QED) is 0.189. The first-order chi connectivity index (χ1) is 19.5. The molecule has 5 aromatic rings. The maximum absolute atomic E-state index is 13.9. The van der Waals surface area contributed by atoms with Crippen molar-refractivity contribution in [3.63, 3.8) is 0 Å². The number of carbonyl (C=O) groups is 1. The molecule has 2 aliphatic heterocycles. The molecule has 0 saturated carbocycles. The summed E-state index contributed by atoms with van der Waals surface area (Å²) in [6.07, 6.45) is 0. The standard InChI is InChI=1S/C34H27N3O3/c1-37(2)23-18-16-21(17-19-23)24-20-27-30(32(31(24)35)36-22-10-4-3-5-11-22)33(38)40-34(27)25-12-6-8-14-28(25)39-29-15-9-7-13-26(29)34/h3-20,36H,35H2,1-2H3. The summed E-state index contributed by atoms with van der Waals surface area (Å²) in [5.41, 5.74) is 13.0. The third-order valence-corrected chi connectivity index (χ3v) is 7.69. The van der Waals surface area contributed by atoms with Gasteiger partial charge in [0.15, 0.2) is 5.60 Å². The number of esters is 1. The van der Waals surface area contributed by atoms with Crippen LogP contribution in [0, 0.1) is 0 Å². The molecule has 5 aromatic carbocycles. The Kier molecular flexibility index (Phi) is 5.32. The third-order valence-electron chi connectivity index (χ3n) is 7.69. The van der Waals surface area contributed by atoms with Gasteiger partial charge in [-0.15, -0.1) is 0 Å². The zero-order valence-corrected chi connectivity index (χ0v) is 22.1. The second-order valence-electron chi connectivity index (χ2n) is 10.2. The van der Waals surface area contributed by atoms with E-state index in [1.807, 2.05) is 99.0 Å². The van der Waals surface area contributed by atoms with E-state index >= 15 is 0 Å². The van der Waals surface area contributed by atoms with Crippen LogP contribution in [0.4, 0.5) is 22.7 Å². The van der Waals surface area contributed by atoms with Crippen molar-refractivity contribution in [2.75, 3.05) is 30.0 Å². The number of para-hydroxylation sites is 3. The van der Waals surface area contributed by atoms with Crippen LogP contribution in [0.2, 0.25) is 0 Å². The molecule has 2 aliphatic rings. The monoisotopic (exact) mass is 525 g/mol. The SMILES string of the molecule is CN(C)c1ccc(-c2cc3c(c(Nc4ccccc4)c2N)C(=O)OC32c3ccccc3Oc3ccccc32)cc1. The summed E-state index contributed by atoms with van der Waals surface area (Å²) in [6.45, 7) is 0. The first kappa shape index (κ1) is 23.9. The Morgan fingerprint density at radius 3 is 1.98 bits per heavy atom. The number of anilines is 4. The largest absolute Gasteiger partial charge is 0.456 e. The number of carbonyl (C=O) groups excluding carboxylic acids is 1. The van der Waals surface area contributed by atoms with Crippen LogP contribution in [0.1, 0.15) is 27.0 Å². The smallest absolute Gasteiger partial charge is 0.342 e. The molecule has 7 rings (SSSR count). The molecule has 3 N–H and O–H groups in total. The van der Waals surface area contributed by atoms with Crippen LogP contribution in [0.5, 0.6) is 11.5 Å². The fourth-order valence-corrected chi connectivity index (χ4v) is 5.76. The summed E-state index contributed by atoms with van der Waals surface area (Å²) in [7, 11) is 4.01. The minimum absolute atomic E-state index is 0.418. The Morgan fingerprint density at radius 1 is 0.750 bits per heavy atom. The number of hydrogen-bond acceptors (Lipinski definition) is 6. The van der Waals surface area contributed by atoms with E-state index in [9.17, 15) is 4.79 Å². The first-order valence-corrected chi connectivity index (χ1v) is 13.1. The van der Waals surface area contributed by atoms with Gasteiger partial charge in [0, 0.05) is 47.7 Å². The Balaban J connectivity index is 1.55. The fourth-order valence-electron chi connectivity index (χ4n) is 5.76. The lowest BCUT2D eigenvalue weighted by Gasteiger charge is -2.36. The lowest BCUT2D eigenvalue weighted by atomic mass is 9.76. The zero-order chi connectivity index (χ0) is 27.4. The number of nitrogens with one attached hydrogen (secondary N) is 1. The molecule has 0 aliphatic carbocycles. The number of rotatable bonds is 4. The molecule has 6 nitrogen and oxygen atoms in total. The average molecular weight is 526 g/mol. The van der Waals surface area contributed by atoms with Crippen LogP contribution in [0.15, 0.2) is 109 Å². The number of hydrogen-bond donors (Lipinski definition) is 2. The van der Waals surface area contributed by atoms with E-state index in [0.717, 1.165) is 39.2 Å². The molecule has 0 unspecified atom stereocenters. The normalized spacial score (nSPS) is 14.0. The van der Waals surface area contributed by atoms with Crippen LogP contribution in [-0.4, -0.2) is 20.1 Å². The van der Waals surface area contributed by atoms with Gasteiger partial charge >= 0.3 is 5.97 Å². The molecule has 0 amide bonds. The Hall–Kier alpha value is -5.23. The number of nitrogens with zero attached hydrogens (tertiary/aromatic N) is 1. The molecule has 1 spiro atoms. The van der Waals surface area contributed by atoms with Crippen LogP contribution in [0.3, 0.4) is 0 Å². The summed E-state index contributed by atoms with van der Waals surface area (Å²) in [5.74, 6) is 0.849. The van der Waals surface area contributed by atoms with Crippen molar-refractivity contribution in [1.82, 2.24) is 0 Å². The number of ether oxygens (including phenoxy) is 2. The molecule has 0 saturated heterocycles. The number of nitrogen functional groups attached to an aromatic ring is 1. The highest BCUT2D eigenvalue weighted by molar-refractivity contribution is 6.08. The van der Waals surface area contributed by atoms with E-state index in [-0.39, 0.29) is 0 Å². The van der Waals surface area contributed by atoms with Gasteiger partial charge in [0.25, 0.3) is 0 Å². The van der Waals surface area contributed by atoms with Crippen molar-refractivity contribution in [3.8, 4) is 22.6 Å². The van der Waals surface area contributed by atoms with Crippen molar-refractivity contribution in [2.24, 2.45) is 0 Å². The second kappa shape index (κ2) is 8.92. The summed E-state index contributed by atoms with van der Waals surface area (Å²) in [5, 5.41) is 3.45. The highest BCUT2D eigenvalue weighted by Gasteiger charge is 2.54. The number of nitrogens with two attached hydrogens (primary N) is 1. The van der Waals surface area contributed by atoms with E-state index in [0.29, 0.717) is 28.4 Å². The van der Waals surface area contributed by atoms with Crippen LogP contribution in [-0.2, 0) is 10.3 Å². The topological polar surface area (TPSA) is 76.8 Å². The van der Waals surface area contributed by atoms with Gasteiger partial charge in [-0.25, -0.2) is 4.79 Å². The molecular formula is C34H27N3O3. The van der Waals surface area contributed by atoms with E-state index in [1.54, 1.807) is 0 Å². The Morgan fingerprint density at radius 2 is 1.35 bits per heavy atom. The van der Waals surface area contributed by atoms with Gasteiger partial charge in [0.2, 0.25) is 0 Å². The van der Waals surface area contributed by atoms with Gasteiger partial charge in [0.05, 0.1) is 16.9 Å². The molecule has 0 fully saturated rings. The maximum atomic E-state index is 13.9. The lowest BCUT2D eigenvalue weighted by Crippen LogP contribution is -2.33. The zero-order valence-electron chi connectivity index (χ0n) is 22.1. The van der Waals surface area contributed by atoms with E-state index < -0.39 is 11.6 Å². The molecule has 196 valence electrons. The number of fused-ring (bicyclic) bond motifs is 6. The fraction of sp³-hybridized carbons (Fsp3) is 0.0882. The predicted molar refractivity (Wildman–Crippen MR) is 159 cm³/mol. The van der Waals surface area contributed by atoms with E-state index in [1.165, 1.54) is 0 Å². The summed E-state index contributed by atoms with van der Waals surface area (Å²) >= 11 is 0. The van der Waals surface area contributed by atoms with E-state index in [2.05, 4.69) is 34.5 Å². The lowest BCUT2D eigenvalue weighted by molar-refractivity contribution is 0.0225. The molecule has 0 aromatic heterocycles. The van der Waals surface area contributed by atoms with Gasteiger partial charge in [-0.05, 0) is 48.0 Å². The van der Waals surface area contributed by atoms with Crippen molar-refractivity contribution < 1.29 is 14.3 Å². The van der Waals surface area contributed by atoms with Gasteiger partial charge in [0.1, 0.15) is 11.5 Å². The molecule has 0 radical (unpaired) electrons. The van der Waals surface area contributed by atoms with Crippen molar-refractivity contribution in [1.29, 1.82) is 0 Å². The van der Waals surface area contributed by atoms with Crippen molar-refractivity contribution in [2.45, 2.75) is 5.60 Å². The molecular weight excluding hydrogens is 498 g/mol. The molecule has 2 heterocycles. The Labute approximate surface area is 232 Å². The second-order valence-corrected chi connectivity index (χ2v) is 10.2. The molecule has 6 heteroatoms. The van der Waals surface area contributed by atoms with Gasteiger partial charge < -0.3 is 25.4 Å². The summed E-state index contributed by atoms with van der Waals surface area (Å²) in [4.78, 5) is 16.0. The van der Waals surface area contributed by atoms with E-state index in [4.69, 9.17) is 15.2 Å². The average Bonchev–Trinajstić information content (AvgIpc) is 3.27. The van der Waals surface area contributed by atoms with Gasteiger partial charge in [-0.2, -0.15) is 0 Å².